The van der Waals surface area contributed by atoms with Gasteiger partial charge >= 0.3 is 12.2 Å². The van der Waals surface area contributed by atoms with Gasteiger partial charge in [-0.1, -0.05) is 19.9 Å². The lowest BCUT2D eigenvalue weighted by molar-refractivity contribution is -0.140. The molecule has 4 aromatic rings. The monoisotopic (exact) mass is 688 g/mol. The Morgan fingerprint density at radius 2 is 1.90 bits per heavy atom. The van der Waals surface area contributed by atoms with E-state index in [2.05, 4.69) is 25.9 Å². The number of aromatic nitrogens is 3. The second-order valence-electron chi connectivity index (χ2n) is 12.8. The molecule has 3 saturated heterocycles. The molecule has 0 saturated carbocycles. The summed E-state index contributed by atoms with van der Waals surface area (Å²) in [6.07, 6.45) is -1.40. The quantitative estimate of drug-likeness (QED) is 0.200. The van der Waals surface area contributed by atoms with Crippen molar-refractivity contribution >= 4 is 38.3 Å². The van der Waals surface area contributed by atoms with E-state index in [1.54, 1.807) is 0 Å². The highest BCUT2D eigenvalue weighted by atomic mass is 32.1. The number of halogens is 5. The van der Waals surface area contributed by atoms with Crippen LogP contribution in [0.4, 0.5) is 27.8 Å². The molecule has 0 spiro atoms. The molecule has 0 radical (unpaired) electrons. The van der Waals surface area contributed by atoms with Crippen molar-refractivity contribution in [2.45, 2.75) is 76.8 Å². The van der Waals surface area contributed by atoms with E-state index in [0.29, 0.717) is 43.6 Å². The largest absolute Gasteiger partial charge is 0.467 e. The Morgan fingerprint density at radius 3 is 2.58 bits per heavy atom. The van der Waals surface area contributed by atoms with Crippen molar-refractivity contribution < 1.29 is 31.4 Å². The van der Waals surface area contributed by atoms with Crippen LogP contribution in [0.15, 0.2) is 18.2 Å². The highest BCUT2D eigenvalue weighted by Gasteiger charge is 2.39. The number of nitrogens with zero attached hydrogens (tertiary/aromatic N) is 6. The zero-order chi connectivity index (χ0) is 34.3. The summed E-state index contributed by atoms with van der Waals surface area (Å²) in [5.41, 5.74) is -1.16. The van der Waals surface area contributed by atoms with Crippen LogP contribution in [0.5, 0.6) is 6.01 Å². The van der Waals surface area contributed by atoms with Crippen molar-refractivity contribution in [1.82, 2.24) is 19.9 Å². The standard InChI is InChI=1S/C27H25F4N5O2S.C7H12FN/c1-13(2)22-17(12-32)20-15(5-6-18(28)23(20)39-22)16-11-19-21(34-24(16)27(29,30)31)25(35-26(33-19)37-4)36-8-10-38-9-7-14(36)3;8-6-4-7-2-1-3-9(7)5-6/h5-6,11,13-14H,7-10H2,1-4H3;6-7H,1-5H2. The maximum atomic E-state index is 14.9. The number of methoxy groups -OCH3 is 1. The molecule has 3 aliphatic heterocycles. The first kappa shape index (κ1) is 34.2. The SMILES string of the molecule is COc1nc(N2CCOCCC2C)c2nc(C(F)(F)F)c(-c3ccc(F)c4sc(C(C)C)c(C#N)c34)cc2n1.FC1CC2CCCN2C1. The summed E-state index contributed by atoms with van der Waals surface area (Å²) in [6, 6.07) is 6.26. The van der Waals surface area contributed by atoms with Gasteiger partial charge in [-0.3, -0.25) is 4.90 Å². The fourth-order valence-corrected chi connectivity index (χ4v) is 8.09. The minimum Gasteiger partial charge on any atom is -0.467 e. The molecule has 3 aliphatic rings. The van der Waals surface area contributed by atoms with E-state index in [1.807, 2.05) is 25.7 Å². The number of nitriles is 1. The lowest BCUT2D eigenvalue weighted by Crippen LogP contribution is -2.35. The minimum absolute atomic E-state index is 0.0260. The summed E-state index contributed by atoms with van der Waals surface area (Å²) < 4.78 is 82.3. The molecule has 3 atom stereocenters. The Labute approximate surface area is 279 Å². The Morgan fingerprint density at radius 1 is 1.10 bits per heavy atom. The molecule has 1 aromatic carbocycles. The van der Waals surface area contributed by atoms with Gasteiger partial charge in [0.25, 0.3) is 0 Å². The molecular formula is C34H37F5N6O2S. The number of alkyl halides is 4. The molecule has 6 heterocycles. The summed E-state index contributed by atoms with van der Waals surface area (Å²) in [6.45, 7) is 8.79. The van der Waals surface area contributed by atoms with Gasteiger partial charge in [-0.2, -0.15) is 28.4 Å². The van der Waals surface area contributed by atoms with Gasteiger partial charge in [-0.25, -0.2) is 13.8 Å². The van der Waals surface area contributed by atoms with Crippen LogP contribution < -0.4 is 9.64 Å². The van der Waals surface area contributed by atoms with Crippen LogP contribution in [0.3, 0.4) is 0 Å². The van der Waals surface area contributed by atoms with Gasteiger partial charge in [0, 0.05) is 47.6 Å². The van der Waals surface area contributed by atoms with Crippen molar-refractivity contribution in [3.05, 3.63) is 40.2 Å². The van der Waals surface area contributed by atoms with Gasteiger partial charge in [0.1, 0.15) is 23.6 Å². The summed E-state index contributed by atoms with van der Waals surface area (Å²) in [5, 5.41) is 10.1. The Bertz CT molecular complexity index is 1850. The van der Waals surface area contributed by atoms with Crippen molar-refractivity contribution in [1.29, 1.82) is 5.26 Å². The molecule has 48 heavy (non-hydrogen) atoms. The first-order chi connectivity index (χ1) is 22.9. The number of rotatable bonds is 4. The number of ether oxygens (including phenoxy) is 2. The number of benzene rings is 1. The van der Waals surface area contributed by atoms with E-state index >= 15 is 0 Å². The number of fused-ring (bicyclic) bond motifs is 3. The van der Waals surface area contributed by atoms with Crippen LogP contribution in [-0.2, 0) is 10.9 Å². The van der Waals surface area contributed by atoms with E-state index < -0.39 is 23.9 Å². The number of hydrogen-bond acceptors (Lipinski definition) is 9. The summed E-state index contributed by atoms with van der Waals surface area (Å²) in [7, 11) is 1.37. The van der Waals surface area contributed by atoms with Gasteiger partial charge in [-0.15, -0.1) is 11.3 Å². The predicted octanol–water partition coefficient (Wildman–Crippen LogP) is 7.88. The second kappa shape index (κ2) is 13.7. The molecule has 14 heteroatoms. The zero-order valence-corrected chi connectivity index (χ0v) is 28.0. The van der Waals surface area contributed by atoms with Crippen LogP contribution in [-0.4, -0.2) is 78.1 Å². The molecular weight excluding hydrogens is 651 g/mol. The van der Waals surface area contributed by atoms with Crippen LogP contribution in [0.2, 0.25) is 0 Å². The molecule has 0 amide bonds. The highest BCUT2D eigenvalue weighted by molar-refractivity contribution is 7.19. The maximum absolute atomic E-state index is 14.9. The van der Waals surface area contributed by atoms with E-state index in [1.165, 1.54) is 32.1 Å². The van der Waals surface area contributed by atoms with Crippen molar-refractivity contribution in [2.75, 3.05) is 44.9 Å². The Kier molecular flexibility index (Phi) is 9.75. The van der Waals surface area contributed by atoms with Gasteiger partial charge in [0.2, 0.25) is 0 Å². The summed E-state index contributed by atoms with van der Waals surface area (Å²) in [4.78, 5) is 17.6. The van der Waals surface area contributed by atoms with Crippen molar-refractivity contribution in [3.8, 4) is 23.2 Å². The molecule has 0 aliphatic carbocycles. The third-order valence-electron chi connectivity index (χ3n) is 9.25. The van der Waals surface area contributed by atoms with Gasteiger partial charge < -0.3 is 14.4 Å². The first-order valence-electron chi connectivity index (χ1n) is 16.1. The number of hydrogen-bond donors (Lipinski definition) is 0. The maximum Gasteiger partial charge on any atom is 0.433 e. The fourth-order valence-electron chi connectivity index (χ4n) is 6.90. The van der Waals surface area contributed by atoms with Crippen LogP contribution >= 0.6 is 11.3 Å². The topological polar surface area (TPSA) is 87.4 Å². The average Bonchev–Trinajstić information content (AvgIpc) is 3.71. The third-order valence-corrected chi connectivity index (χ3v) is 10.7. The highest BCUT2D eigenvalue weighted by Crippen LogP contribution is 2.46. The number of pyridine rings is 1. The number of thiophene rings is 1. The van der Waals surface area contributed by atoms with Crippen LogP contribution in [0.1, 0.15) is 68.5 Å². The van der Waals surface area contributed by atoms with Crippen LogP contribution in [0.25, 0.3) is 32.2 Å². The predicted molar refractivity (Wildman–Crippen MR) is 175 cm³/mol. The molecule has 256 valence electrons. The van der Waals surface area contributed by atoms with Crippen molar-refractivity contribution in [2.24, 2.45) is 0 Å². The van der Waals surface area contributed by atoms with E-state index in [-0.39, 0.29) is 61.6 Å². The normalized spacial score (nSPS) is 21.7. The van der Waals surface area contributed by atoms with Gasteiger partial charge in [0.05, 0.1) is 29.5 Å². The zero-order valence-electron chi connectivity index (χ0n) is 27.2. The number of anilines is 1. The fraction of sp³-hybridized carbons (Fsp3) is 0.529. The van der Waals surface area contributed by atoms with E-state index in [4.69, 9.17) is 9.47 Å². The molecule has 7 rings (SSSR count). The lowest BCUT2D eigenvalue weighted by atomic mass is 9.95. The molecule has 3 fully saturated rings. The van der Waals surface area contributed by atoms with Crippen LogP contribution in [0, 0.1) is 17.1 Å². The minimum atomic E-state index is -4.86. The van der Waals surface area contributed by atoms with E-state index in [9.17, 15) is 27.2 Å². The smallest absolute Gasteiger partial charge is 0.433 e. The van der Waals surface area contributed by atoms with Gasteiger partial charge in [-0.05, 0) is 62.8 Å². The Hall–Kier alpha value is -3.67. The molecule has 0 bridgehead atoms. The van der Waals surface area contributed by atoms with Gasteiger partial charge in [0.15, 0.2) is 11.5 Å². The second-order valence-corrected chi connectivity index (χ2v) is 13.8. The summed E-state index contributed by atoms with van der Waals surface area (Å²) in [5.74, 6) is -0.514. The summed E-state index contributed by atoms with van der Waals surface area (Å²) >= 11 is 1.08. The lowest BCUT2D eigenvalue weighted by Gasteiger charge is -2.28. The average molecular weight is 689 g/mol. The van der Waals surface area contributed by atoms with Crippen molar-refractivity contribution in [3.63, 3.8) is 0 Å². The van der Waals surface area contributed by atoms with E-state index in [0.717, 1.165) is 30.4 Å². The first-order valence-corrected chi connectivity index (χ1v) is 16.9. The molecule has 3 aromatic heterocycles. The molecule has 3 unspecified atom stereocenters. The molecule has 0 N–H and O–H groups in total. The molecule has 8 nitrogen and oxygen atoms in total. The Balaban J connectivity index is 0.000000381. The third kappa shape index (κ3) is 6.52.